The van der Waals surface area contributed by atoms with Gasteiger partial charge in [0.1, 0.15) is 0 Å². The molecule has 1 fully saturated rings. The number of hydrazine groups is 1. The van der Waals surface area contributed by atoms with Gasteiger partial charge in [-0.3, -0.25) is 5.43 Å². The first-order valence-electron chi connectivity index (χ1n) is 6.60. The van der Waals surface area contributed by atoms with Crippen molar-refractivity contribution < 1.29 is 9.84 Å². The molecule has 1 aliphatic heterocycles. The van der Waals surface area contributed by atoms with Crippen LogP contribution in [0, 0.1) is 0 Å². The van der Waals surface area contributed by atoms with Gasteiger partial charge in [-0.15, -0.1) is 0 Å². The lowest BCUT2D eigenvalue weighted by atomic mass is 10.3. The van der Waals surface area contributed by atoms with Crippen LogP contribution >= 0.6 is 0 Å². The first kappa shape index (κ1) is 14.7. The Balaban J connectivity index is 2.16. The Kier molecular flexibility index (Phi) is 5.27. The molecule has 112 valence electrons. The number of aromatic nitrogens is 3. The van der Waals surface area contributed by atoms with E-state index in [0.717, 1.165) is 25.9 Å². The molecule has 0 bridgehead atoms. The molecule has 20 heavy (non-hydrogen) atoms. The Hall–Kier alpha value is -1.71. The van der Waals surface area contributed by atoms with Crippen molar-refractivity contribution in [2.45, 2.75) is 18.9 Å². The van der Waals surface area contributed by atoms with Crippen LogP contribution in [0.3, 0.4) is 0 Å². The van der Waals surface area contributed by atoms with Crippen molar-refractivity contribution in [3.05, 3.63) is 0 Å². The summed E-state index contributed by atoms with van der Waals surface area (Å²) in [5.41, 5.74) is 2.43. The van der Waals surface area contributed by atoms with Crippen molar-refractivity contribution in [3.63, 3.8) is 0 Å². The highest BCUT2D eigenvalue weighted by molar-refractivity contribution is 5.44. The highest BCUT2D eigenvalue weighted by Crippen LogP contribution is 2.18. The molecule has 1 saturated heterocycles. The molecule has 1 unspecified atom stereocenters. The van der Waals surface area contributed by atoms with Crippen LogP contribution in [-0.4, -0.2) is 59.5 Å². The predicted octanol–water partition coefficient (Wildman–Crippen LogP) is -0.823. The molecule has 2 rings (SSSR count). The lowest BCUT2D eigenvalue weighted by Crippen LogP contribution is -2.31. The summed E-state index contributed by atoms with van der Waals surface area (Å²) in [6.07, 6.45) is 2.26. The van der Waals surface area contributed by atoms with Crippen LogP contribution in [0.1, 0.15) is 12.8 Å². The molecule has 9 heteroatoms. The SMILES string of the molecule is COCC(CO)Nc1nc(NN)nc(N2CCCC2)n1. The fraction of sp³-hybridized carbons (Fsp3) is 0.727. The fourth-order valence-corrected chi connectivity index (χ4v) is 2.08. The van der Waals surface area contributed by atoms with Gasteiger partial charge >= 0.3 is 0 Å². The van der Waals surface area contributed by atoms with Crippen LogP contribution in [-0.2, 0) is 4.74 Å². The van der Waals surface area contributed by atoms with Gasteiger partial charge in [0.05, 0.1) is 19.3 Å². The summed E-state index contributed by atoms with van der Waals surface area (Å²) in [6, 6.07) is -0.278. The Morgan fingerprint density at radius 1 is 1.30 bits per heavy atom. The van der Waals surface area contributed by atoms with Crippen molar-refractivity contribution >= 4 is 17.8 Å². The number of nitrogens with one attached hydrogen (secondary N) is 2. The smallest absolute Gasteiger partial charge is 0.243 e. The molecule has 2 heterocycles. The first-order valence-corrected chi connectivity index (χ1v) is 6.60. The molecular formula is C11H21N7O2. The second kappa shape index (κ2) is 7.17. The molecule has 0 radical (unpaired) electrons. The standard InChI is InChI=1S/C11H21N7O2/c1-20-7-8(6-19)13-9-14-10(17-12)16-11(15-9)18-4-2-3-5-18/h8,19H,2-7,12H2,1H3,(H2,13,14,15,16,17). The molecule has 5 N–H and O–H groups in total. The monoisotopic (exact) mass is 283 g/mol. The van der Waals surface area contributed by atoms with E-state index in [0.29, 0.717) is 24.5 Å². The van der Waals surface area contributed by atoms with Crippen LogP contribution in [0.5, 0.6) is 0 Å². The summed E-state index contributed by atoms with van der Waals surface area (Å²) in [5.74, 6) is 6.63. The molecule has 0 aliphatic carbocycles. The Bertz CT molecular complexity index is 425. The van der Waals surface area contributed by atoms with Gasteiger partial charge in [0, 0.05) is 20.2 Å². The van der Waals surface area contributed by atoms with Gasteiger partial charge in [-0.05, 0) is 12.8 Å². The van der Waals surface area contributed by atoms with Crippen LogP contribution in [0.2, 0.25) is 0 Å². The van der Waals surface area contributed by atoms with Crippen molar-refractivity contribution in [2.24, 2.45) is 5.84 Å². The van der Waals surface area contributed by atoms with Gasteiger partial charge < -0.3 is 20.1 Å². The maximum Gasteiger partial charge on any atom is 0.243 e. The zero-order chi connectivity index (χ0) is 14.4. The number of rotatable bonds is 7. The summed E-state index contributed by atoms with van der Waals surface area (Å²) in [6.45, 7) is 2.13. The predicted molar refractivity (Wildman–Crippen MR) is 75.5 cm³/mol. The van der Waals surface area contributed by atoms with E-state index in [1.54, 1.807) is 7.11 Å². The first-order chi connectivity index (χ1) is 9.76. The second-order valence-electron chi connectivity index (χ2n) is 4.60. The summed E-state index contributed by atoms with van der Waals surface area (Å²) in [5, 5.41) is 12.3. The topological polar surface area (TPSA) is 121 Å². The number of hydrogen-bond acceptors (Lipinski definition) is 9. The number of hydrogen-bond donors (Lipinski definition) is 4. The van der Waals surface area contributed by atoms with E-state index in [4.69, 9.17) is 10.6 Å². The van der Waals surface area contributed by atoms with E-state index < -0.39 is 0 Å². The molecule has 0 spiro atoms. The quantitative estimate of drug-likeness (QED) is 0.375. The fourth-order valence-electron chi connectivity index (χ4n) is 2.08. The van der Waals surface area contributed by atoms with E-state index in [1.807, 2.05) is 0 Å². The van der Waals surface area contributed by atoms with Gasteiger partial charge in [0.25, 0.3) is 0 Å². The Labute approximate surface area is 117 Å². The van der Waals surface area contributed by atoms with Crippen LogP contribution in [0.4, 0.5) is 17.8 Å². The molecular weight excluding hydrogens is 262 g/mol. The maximum atomic E-state index is 9.26. The van der Waals surface area contributed by atoms with E-state index in [9.17, 15) is 5.11 Å². The lowest BCUT2D eigenvalue weighted by Gasteiger charge is -2.19. The molecule has 1 aliphatic rings. The van der Waals surface area contributed by atoms with E-state index in [-0.39, 0.29) is 12.6 Å². The van der Waals surface area contributed by atoms with Crippen molar-refractivity contribution in [3.8, 4) is 0 Å². The van der Waals surface area contributed by atoms with E-state index in [2.05, 4.69) is 30.6 Å². The van der Waals surface area contributed by atoms with Crippen molar-refractivity contribution in [1.82, 2.24) is 15.0 Å². The van der Waals surface area contributed by atoms with Gasteiger partial charge in [-0.25, -0.2) is 5.84 Å². The molecule has 1 atom stereocenters. The molecule has 1 aromatic rings. The summed E-state index contributed by atoms with van der Waals surface area (Å²) >= 11 is 0. The van der Waals surface area contributed by atoms with Gasteiger partial charge in [0.2, 0.25) is 17.8 Å². The van der Waals surface area contributed by atoms with Crippen LogP contribution in [0.15, 0.2) is 0 Å². The largest absolute Gasteiger partial charge is 0.394 e. The minimum absolute atomic E-state index is 0.0794. The Morgan fingerprint density at radius 2 is 2.00 bits per heavy atom. The zero-order valence-corrected chi connectivity index (χ0v) is 11.5. The lowest BCUT2D eigenvalue weighted by molar-refractivity contribution is 0.153. The highest BCUT2D eigenvalue weighted by atomic mass is 16.5. The highest BCUT2D eigenvalue weighted by Gasteiger charge is 2.18. The van der Waals surface area contributed by atoms with Crippen molar-refractivity contribution in [1.29, 1.82) is 0 Å². The van der Waals surface area contributed by atoms with E-state index >= 15 is 0 Å². The molecule has 9 nitrogen and oxygen atoms in total. The number of anilines is 3. The average Bonchev–Trinajstić information content (AvgIpc) is 3.00. The normalized spacial score (nSPS) is 16.2. The average molecular weight is 283 g/mol. The summed E-state index contributed by atoms with van der Waals surface area (Å²) in [4.78, 5) is 14.8. The van der Waals surface area contributed by atoms with E-state index in [1.165, 1.54) is 0 Å². The summed E-state index contributed by atoms with van der Waals surface area (Å²) in [7, 11) is 1.57. The third kappa shape index (κ3) is 3.65. The number of nitrogen functional groups attached to an aromatic ring is 1. The number of aliphatic hydroxyl groups excluding tert-OH is 1. The number of ether oxygens (including phenoxy) is 1. The van der Waals surface area contributed by atoms with Gasteiger partial charge in [-0.1, -0.05) is 0 Å². The van der Waals surface area contributed by atoms with Crippen LogP contribution < -0.4 is 21.5 Å². The van der Waals surface area contributed by atoms with Gasteiger partial charge in [-0.2, -0.15) is 15.0 Å². The summed E-state index contributed by atoms with van der Waals surface area (Å²) < 4.78 is 5.01. The van der Waals surface area contributed by atoms with Gasteiger partial charge in [0.15, 0.2) is 0 Å². The minimum atomic E-state index is -0.278. The minimum Gasteiger partial charge on any atom is -0.394 e. The maximum absolute atomic E-state index is 9.26. The second-order valence-corrected chi connectivity index (χ2v) is 4.60. The zero-order valence-electron chi connectivity index (χ0n) is 11.5. The number of methoxy groups -OCH3 is 1. The third-order valence-electron chi connectivity index (χ3n) is 3.06. The Morgan fingerprint density at radius 3 is 2.60 bits per heavy atom. The molecule has 0 saturated carbocycles. The molecule has 1 aromatic heterocycles. The molecule has 0 aromatic carbocycles. The van der Waals surface area contributed by atoms with Crippen LogP contribution in [0.25, 0.3) is 0 Å². The molecule has 0 amide bonds. The van der Waals surface area contributed by atoms with Crippen molar-refractivity contribution in [2.75, 3.05) is 49.1 Å². The number of aliphatic hydroxyl groups is 1. The number of nitrogens with zero attached hydrogens (tertiary/aromatic N) is 4. The third-order valence-corrected chi connectivity index (χ3v) is 3.06. The number of nitrogens with two attached hydrogens (primary N) is 1.